The molecule has 1 aromatic carbocycles. The lowest BCUT2D eigenvalue weighted by atomic mass is 10.2. The van der Waals surface area contributed by atoms with Gasteiger partial charge in [-0.25, -0.2) is 0 Å². The number of rotatable bonds is 0. The van der Waals surface area contributed by atoms with E-state index in [0.29, 0.717) is 0 Å². The van der Waals surface area contributed by atoms with Gasteiger partial charge in [-0.1, -0.05) is 34.8 Å². The molecule has 2 rings (SSSR count). The summed E-state index contributed by atoms with van der Waals surface area (Å²) >= 11 is 22.9. The molecule has 15 heavy (non-hydrogen) atoms. The monoisotopic (exact) mass is 282 g/mol. The number of hydrogen-bond acceptors (Lipinski definition) is 2. The lowest BCUT2D eigenvalue weighted by Crippen LogP contribution is -2.03. The van der Waals surface area contributed by atoms with Crippen molar-refractivity contribution in [3.63, 3.8) is 0 Å². The van der Waals surface area contributed by atoms with Crippen molar-refractivity contribution in [3.8, 4) is 0 Å². The minimum atomic E-state index is -0.490. The van der Waals surface area contributed by atoms with Gasteiger partial charge < -0.3 is 4.42 Å². The Balaban J connectivity index is 3.08. The Bertz CT molecular complexity index is 603. The average Bonchev–Trinajstić information content (AvgIpc) is 2.20. The summed E-state index contributed by atoms with van der Waals surface area (Å²) in [6.45, 7) is 0. The molecule has 0 amide bonds. The van der Waals surface area contributed by atoms with Crippen LogP contribution in [0.3, 0.4) is 0 Å². The molecule has 0 unspecified atom stereocenters. The standard InChI is InChI=1S/C9H2Cl4O2/c10-3-1-2-4-5(6(3)11)8(14)7(12)9(13)15-4/h1-2H. The zero-order valence-electron chi connectivity index (χ0n) is 6.98. The third-order valence-corrected chi connectivity index (χ3v) is 3.37. The summed E-state index contributed by atoms with van der Waals surface area (Å²) in [5.41, 5.74) is -0.237. The summed E-state index contributed by atoms with van der Waals surface area (Å²) < 4.78 is 5.10. The van der Waals surface area contributed by atoms with E-state index in [1.165, 1.54) is 12.1 Å². The smallest absolute Gasteiger partial charge is 0.216 e. The second-order valence-electron chi connectivity index (χ2n) is 2.75. The molecule has 1 aromatic heterocycles. The quantitative estimate of drug-likeness (QED) is 0.717. The Morgan fingerprint density at radius 1 is 1.00 bits per heavy atom. The highest BCUT2D eigenvalue weighted by Gasteiger charge is 2.15. The van der Waals surface area contributed by atoms with Gasteiger partial charge in [-0.05, 0) is 23.7 Å². The minimum absolute atomic E-state index is 0.112. The number of fused-ring (bicyclic) bond motifs is 1. The van der Waals surface area contributed by atoms with Crippen LogP contribution in [0.2, 0.25) is 20.3 Å². The summed E-state index contributed by atoms with van der Waals surface area (Å²) in [7, 11) is 0. The first kappa shape index (κ1) is 11.1. The minimum Gasteiger partial charge on any atom is -0.443 e. The van der Waals surface area contributed by atoms with Gasteiger partial charge in [0.1, 0.15) is 10.6 Å². The van der Waals surface area contributed by atoms with Crippen molar-refractivity contribution < 1.29 is 4.42 Å². The zero-order valence-corrected chi connectivity index (χ0v) is 10.0. The fraction of sp³-hybridized carbons (Fsp3) is 0. The lowest BCUT2D eigenvalue weighted by molar-refractivity contribution is 0.605. The Hall–Kier alpha value is -0.410. The van der Waals surface area contributed by atoms with Crippen LogP contribution in [-0.4, -0.2) is 0 Å². The maximum Gasteiger partial charge on any atom is 0.216 e. The molecule has 0 atom stereocenters. The maximum atomic E-state index is 11.7. The molecule has 0 fully saturated rings. The topological polar surface area (TPSA) is 30.2 Å². The molecule has 1 heterocycles. The Labute approximate surface area is 104 Å². The van der Waals surface area contributed by atoms with Crippen molar-refractivity contribution in [3.05, 3.63) is 42.6 Å². The molecule has 0 spiro atoms. The van der Waals surface area contributed by atoms with Gasteiger partial charge in [0.05, 0.1) is 15.4 Å². The average molecular weight is 284 g/mol. The van der Waals surface area contributed by atoms with Crippen LogP contribution in [0.5, 0.6) is 0 Å². The highest BCUT2D eigenvalue weighted by atomic mass is 35.5. The van der Waals surface area contributed by atoms with Gasteiger partial charge in [0.15, 0.2) is 0 Å². The van der Waals surface area contributed by atoms with Gasteiger partial charge in [0, 0.05) is 0 Å². The van der Waals surface area contributed by atoms with E-state index in [9.17, 15) is 4.79 Å². The third-order valence-electron chi connectivity index (χ3n) is 1.86. The first-order valence-corrected chi connectivity index (χ1v) is 5.29. The van der Waals surface area contributed by atoms with E-state index in [1.54, 1.807) is 0 Å². The molecule has 0 saturated heterocycles. The summed E-state index contributed by atoms with van der Waals surface area (Å²) in [5.74, 6) is 0. The van der Waals surface area contributed by atoms with E-state index in [0.717, 1.165) is 0 Å². The summed E-state index contributed by atoms with van der Waals surface area (Å²) in [6.07, 6.45) is 0. The first-order chi connectivity index (χ1) is 7.02. The zero-order chi connectivity index (χ0) is 11.2. The molecule has 2 aromatic rings. The first-order valence-electron chi connectivity index (χ1n) is 3.78. The Morgan fingerprint density at radius 3 is 2.33 bits per heavy atom. The second-order valence-corrected chi connectivity index (χ2v) is 4.26. The van der Waals surface area contributed by atoms with Crippen LogP contribution >= 0.6 is 46.4 Å². The fourth-order valence-electron chi connectivity index (χ4n) is 1.17. The molecule has 0 aliphatic carbocycles. The Morgan fingerprint density at radius 2 is 1.67 bits per heavy atom. The van der Waals surface area contributed by atoms with Gasteiger partial charge in [-0.2, -0.15) is 0 Å². The molecule has 0 N–H and O–H groups in total. The summed E-state index contributed by atoms with van der Waals surface area (Å²) in [5, 5.41) is 0.149. The molecule has 0 radical (unpaired) electrons. The number of benzene rings is 1. The largest absolute Gasteiger partial charge is 0.443 e. The van der Waals surface area contributed by atoms with Crippen LogP contribution in [-0.2, 0) is 0 Å². The van der Waals surface area contributed by atoms with Crippen molar-refractivity contribution >= 4 is 57.4 Å². The summed E-state index contributed by atoms with van der Waals surface area (Å²) in [6, 6.07) is 3.02. The van der Waals surface area contributed by atoms with Gasteiger partial charge >= 0.3 is 0 Å². The van der Waals surface area contributed by atoms with Gasteiger partial charge in [0.2, 0.25) is 10.6 Å². The van der Waals surface area contributed by atoms with E-state index >= 15 is 0 Å². The maximum absolute atomic E-state index is 11.7. The number of halogens is 4. The fourth-order valence-corrected chi connectivity index (χ4v) is 1.87. The van der Waals surface area contributed by atoms with Crippen molar-refractivity contribution in [1.82, 2.24) is 0 Å². The van der Waals surface area contributed by atoms with Crippen LogP contribution in [0, 0.1) is 0 Å². The molecule has 0 saturated carbocycles. The molecule has 0 aliphatic rings. The molecule has 0 bridgehead atoms. The van der Waals surface area contributed by atoms with Crippen molar-refractivity contribution in [1.29, 1.82) is 0 Å². The van der Waals surface area contributed by atoms with Gasteiger partial charge in [-0.15, -0.1) is 0 Å². The predicted octanol–water partition coefficient (Wildman–Crippen LogP) is 4.41. The van der Waals surface area contributed by atoms with Crippen LogP contribution in [0.15, 0.2) is 21.3 Å². The summed E-state index contributed by atoms with van der Waals surface area (Å²) in [4.78, 5) is 11.7. The van der Waals surface area contributed by atoms with E-state index in [4.69, 9.17) is 50.8 Å². The SMILES string of the molecule is O=c1c(Cl)c(Cl)oc2ccc(Cl)c(Cl)c12. The Kier molecular flexibility index (Phi) is 2.86. The van der Waals surface area contributed by atoms with Gasteiger partial charge in [-0.3, -0.25) is 4.79 Å². The third kappa shape index (κ3) is 1.72. The van der Waals surface area contributed by atoms with E-state index in [1.807, 2.05) is 0 Å². The van der Waals surface area contributed by atoms with Crippen molar-refractivity contribution in [2.75, 3.05) is 0 Å². The van der Waals surface area contributed by atoms with E-state index in [2.05, 4.69) is 0 Å². The molecular formula is C9H2Cl4O2. The molecule has 0 aliphatic heterocycles. The number of hydrogen-bond donors (Lipinski definition) is 0. The van der Waals surface area contributed by atoms with E-state index in [-0.39, 0.29) is 31.3 Å². The van der Waals surface area contributed by atoms with Crippen LogP contribution < -0.4 is 5.43 Å². The molecule has 78 valence electrons. The normalized spacial score (nSPS) is 10.9. The van der Waals surface area contributed by atoms with Crippen molar-refractivity contribution in [2.24, 2.45) is 0 Å². The van der Waals surface area contributed by atoms with Gasteiger partial charge in [0.25, 0.3) is 0 Å². The molecule has 2 nitrogen and oxygen atoms in total. The lowest BCUT2D eigenvalue weighted by Gasteiger charge is -2.02. The molecular weight excluding hydrogens is 282 g/mol. The van der Waals surface area contributed by atoms with E-state index < -0.39 is 5.43 Å². The van der Waals surface area contributed by atoms with Crippen molar-refractivity contribution in [2.45, 2.75) is 0 Å². The highest BCUT2D eigenvalue weighted by molar-refractivity contribution is 6.46. The second kappa shape index (κ2) is 3.87. The highest BCUT2D eigenvalue weighted by Crippen LogP contribution is 2.32. The van der Waals surface area contributed by atoms with Crippen LogP contribution in [0.25, 0.3) is 11.0 Å². The predicted molar refractivity (Wildman–Crippen MR) is 62.5 cm³/mol. The van der Waals surface area contributed by atoms with Crippen LogP contribution in [0.1, 0.15) is 0 Å². The molecule has 6 heteroatoms. The van der Waals surface area contributed by atoms with Crippen LogP contribution in [0.4, 0.5) is 0 Å².